The first-order valence-corrected chi connectivity index (χ1v) is 6.62. The van der Waals surface area contributed by atoms with Gasteiger partial charge in [0.15, 0.2) is 11.0 Å². The zero-order valence-electron chi connectivity index (χ0n) is 10.9. The molecule has 2 aromatic heterocycles. The van der Waals surface area contributed by atoms with Crippen molar-refractivity contribution in [3.8, 4) is 28.8 Å². The molecule has 3 rings (SSSR count). The van der Waals surface area contributed by atoms with Gasteiger partial charge in [0.25, 0.3) is 0 Å². The molecule has 0 N–H and O–H groups in total. The van der Waals surface area contributed by atoms with Crippen LogP contribution in [0, 0.1) is 11.3 Å². The van der Waals surface area contributed by atoms with Crippen molar-refractivity contribution in [3.63, 3.8) is 0 Å². The van der Waals surface area contributed by atoms with E-state index in [0.717, 1.165) is 5.56 Å². The van der Waals surface area contributed by atoms with Crippen LogP contribution in [0.25, 0.3) is 22.8 Å². The van der Waals surface area contributed by atoms with Crippen molar-refractivity contribution < 1.29 is 0 Å². The molecule has 1 aromatic carbocycles. The Morgan fingerprint density at radius 3 is 2.38 bits per heavy atom. The largest absolute Gasteiger partial charge is 0.253 e. The van der Waals surface area contributed by atoms with E-state index in [1.54, 1.807) is 12.3 Å². The van der Waals surface area contributed by atoms with Crippen molar-refractivity contribution in [3.05, 3.63) is 65.4 Å². The predicted molar refractivity (Wildman–Crippen MR) is 80.4 cm³/mol. The molecular formula is C16H9ClN4. The first-order chi connectivity index (χ1) is 10.3. The second kappa shape index (κ2) is 5.70. The molecule has 21 heavy (non-hydrogen) atoms. The van der Waals surface area contributed by atoms with Crippen molar-refractivity contribution in [1.29, 1.82) is 5.26 Å². The molecule has 0 atom stereocenters. The van der Waals surface area contributed by atoms with Gasteiger partial charge in [-0.15, -0.1) is 0 Å². The lowest BCUT2D eigenvalue weighted by Crippen LogP contribution is -1.99. The summed E-state index contributed by atoms with van der Waals surface area (Å²) in [5, 5.41) is 9.42. The summed E-state index contributed by atoms with van der Waals surface area (Å²) in [6, 6.07) is 16.9. The van der Waals surface area contributed by atoms with Gasteiger partial charge in [0, 0.05) is 11.8 Å². The molecule has 2 heterocycles. The van der Waals surface area contributed by atoms with Crippen LogP contribution < -0.4 is 0 Å². The van der Waals surface area contributed by atoms with Crippen LogP contribution >= 0.6 is 11.6 Å². The highest BCUT2D eigenvalue weighted by Crippen LogP contribution is 2.28. The molecule has 0 fully saturated rings. The van der Waals surface area contributed by atoms with Crippen LogP contribution in [0.15, 0.2) is 54.7 Å². The standard InChI is InChI=1S/C16H9ClN4/c17-15-12(10-18)14(11-6-2-1-3-7-11)20-16(21-15)13-8-4-5-9-19-13/h1-9H. The van der Waals surface area contributed by atoms with Crippen LogP contribution in [0.3, 0.4) is 0 Å². The molecule has 0 bridgehead atoms. The molecule has 0 aliphatic carbocycles. The van der Waals surface area contributed by atoms with E-state index in [2.05, 4.69) is 21.0 Å². The molecule has 5 heteroatoms. The van der Waals surface area contributed by atoms with Crippen molar-refractivity contribution in [2.75, 3.05) is 0 Å². The van der Waals surface area contributed by atoms with Crippen LogP contribution in [0.2, 0.25) is 5.15 Å². The summed E-state index contributed by atoms with van der Waals surface area (Å²) in [4.78, 5) is 12.8. The molecule has 100 valence electrons. The molecule has 0 amide bonds. The Hall–Kier alpha value is -2.77. The summed E-state index contributed by atoms with van der Waals surface area (Å²) >= 11 is 6.13. The zero-order valence-corrected chi connectivity index (χ0v) is 11.6. The minimum Gasteiger partial charge on any atom is -0.253 e. The Bertz CT molecular complexity index is 811. The molecule has 0 spiro atoms. The average Bonchev–Trinajstić information content (AvgIpc) is 2.55. The number of benzene rings is 1. The van der Waals surface area contributed by atoms with Crippen molar-refractivity contribution in [1.82, 2.24) is 15.0 Å². The Morgan fingerprint density at radius 1 is 0.952 bits per heavy atom. The number of pyridine rings is 1. The lowest BCUT2D eigenvalue weighted by atomic mass is 10.1. The maximum Gasteiger partial charge on any atom is 0.180 e. The van der Waals surface area contributed by atoms with E-state index in [1.807, 2.05) is 42.5 Å². The van der Waals surface area contributed by atoms with Crippen LogP contribution in [-0.2, 0) is 0 Å². The molecule has 0 unspecified atom stereocenters. The molecule has 0 aliphatic heterocycles. The highest BCUT2D eigenvalue weighted by Gasteiger charge is 2.15. The van der Waals surface area contributed by atoms with Crippen LogP contribution in [0.4, 0.5) is 0 Å². The quantitative estimate of drug-likeness (QED) is 0.675. The third kappa shape index (κ3) is 2.60. The third-order valence-electron chi connectivity index (χ3n) is 2.92. The lowest BCUT2D eigenvalue weighted by molar-refractivity contribution is 1.13. The van der Waals surface area contributed by atoms with Crippen LogP contribution in [0.5, 0.6) is 0 Å². The van der Waals surface area contributed by atoms with Crippen molar-refractivity contribution in [2.24, 2.45) is 0 Å². The third-order valence-corrected chi connectivity index (χ3v) is 3.19. The number of halogens is 1. The summed E-state index contributed by atoms with van der Waals surface area (Å²) < 4.78 is 0. The minimum atomic E-state index is 0.131. The van der Waals surface area contributed by atoms with E-state index in [0.29, 0.717) is 17.2 Å². The van der Waals surface area contributed by atoms with Gasteiger partial charge in [-0.25, -0.2) is 9.97 Å². The van der Waals surface area contributed by atoms with Gasteiger partial charge in [-0.05, 0) is 12.1 Å². The van der Waals surface area contributed by atoms with Gasteiger partial charge in [0.1, 0.15) is 17.3 Å². The van der Waals surface area contributed by atoms with Gasteiger partial charge in [-0.3, -0.25) is 4.98 Å². The van der Waals surface area contributed by atoms with Gasteiger partial charge < -0.3 is 0 Å². The van der Waals surface area contributed by atoms with Gasteiger partial charge in [0.2, 0.25) is 0 Å². The number of aromatic nitrogens is 3. The van der Waals surface area contributed by atoms with Crippen LogP contribution in [0.1, 0.15) is 5.56 Å². The van der Waals surface area contributed by atoms with Gasteiger partial charge in [-0.1, -0.05) is 48.0 Å². The van der Waals surface area contributed by atoms with Gasteiger partial charge >= 0.3 is 0 Å². The molecular weight excluding hydrogens is 284 g/mol. The molecule has 0 aliphatic rings. The summed E-state index contributed by atoms with van der Waals surface area (Å²) in [6.45, 7) is 0. The van der Waals surface area contributed by atoms with Gasteiger partial charge in [0.05, 0.1) is 5.69 Å². The fourth-order valence-corrected chi connectivity index (χ4v) is 2.16. The molecule has 4 nitrogen and oxygen atoms in total. The fraction of sp³-hybridized carbons (Fsp3) is 0. The first kappa shape index (κ1) is 13.2. The second-order valence-electron chi connectivity index (χ2n) is 4.25. The van der Waals surface area contributed by atoms with E-state index in [4.69, 9.17) is 11.6 Å². The fourth-order valence-electron chi connectivity index (χ4n) is 1.95. The Kier molecular flexibility index (Phi) is 3.59. The molecule has 0 saturated heterocycles. The monoisotopic (exact) mass is 292 g/mol. The first-order valence-electron chi connectivity index (χ1n) is 6.24. The maximum absolute atomic E-state index is 9.29. The summed E-state index contributed by atoms with van der Waals surface area (Å²) in [7, 11) is 0. The number of hydrogen-bond acceptors (Lipinski definition) is 4. The van der Waals surface area contributed by atoms with Crippen LogP contribution in [-0.4, -0.2) is 15.0 Å². The number of rotatable bonds is 2. The average molecular weight is 293 g/mol. The summed E-state index contributed by atoms with van der Waals surface area (Å²) in [5.74, 6) is 0.401. The molecule has 0 saturated carbocycles. The SMILES string of the molecule is N#Cc1c(Cl)nc(-c2ccccn2)nc1-c1ccccc1. The maximum atomic E-state index is 9.29. The summed E-state index contributed by atoms with van der Waals surface area (Å²) in [5.41, 5.74) is 2.21. The lowest BCUT2D eigenvalue weighted by Gasteiger charge is -2.07. The van der Waals surface area contributed by atoms with E-state index >= 15 is 0 Å². The normalized spacial score (nSPS) is 10.1. The van der Waals surface area contributed by atoms with E-state index in [9.17, 15) is 5.26 Å². The zero-order chi connectivity index (χ0) is 14.7. The van der Waals surface area contributed by atoms with Gasteiger partial charge in [-0.2, -0.15) is 5.26 Å². The van der Waals surface area contributed by atoms with Crippen molar-refractivity contribution in [2.45, 2.75) is 0 Å². The number of nitrogens with zero attached hydrogens (tertiary/aromatic N) is 4. The smallest absolute Gasteiger partial charge is 0.180 e. The van der Waals surface area contributed by atoms with E-state index in [-0.39, 0.29) is 10.7 Å². The Morgan fingerprint density at radius 2 is 1.71 bits per heavy atom. The highest BCUT2D eigenvalue weighted by atomic mass is 35.5. The minimum absolute atomic E-state index is 0.131. The highest BCUT2D eigenvalue weighted by molar-refractivity contribution is 6.31. The van der Waals surface area contributed by atoms with E-state index in [1.165, 1.54) is 0 Å². The van der Waals surface area contributed by atoms with Crippen molar-refractivity contribution >= 4 is 11.6 Å². The molecule has 0 radical (unpaired) electrons. The second-order valence-corrected chi connectivity index (χ2v) is 4.61. The Balaban J connectivity index is 2.24. The number of nitriles is 1. The molecule has 3 aromatic rings. The Labute approximate surface area is 126 Å². The predicted octanol–water partition coefficient (Wildman–Crippen LogP) is 3.73. The summed E-state index contributed by atoms with van der Waals surface area (Å²) in [6.07, 6.45) is 1.66. The number of hydrogen-bond donors (Lipinski definition) is 0. The topological polar surface area (TPSA) is 62.5 Å². The van der Waals surface area contributed by atoms with E-state index < -0.39 is 0 Å².